The van der Waals surface area contributed by atoms with Gasteiger partial charge in [-0.1, -0.05) is 12.2 Å². The minimum Gasteiger partial charge on any atom is -0.385 e. The van der Waals surface area contributed by atoms with Gasteiger partial charge in [0, 0.05) is 26.5 Å². The first-order chi connectivity index (χ1) is 7.25. The van der Waals surface area contributed by atoms with Gasteiger partial charge >= 0.3 is 0 Å². The van der Waals surface area contributed by atoms with Crippen molar-refractivity contribution in [2.24, 2.45) is 0 Å². The van der Waals surface area contributed by atoms with Gasteiger partial charge in [-0.25, -0.2) is 0 Å². The van der Waals surface area contributed by atoms with Gasteiger partial charge in [0.1, 0.15) is 4.64 Å². The second-order valence-corrected chi connectivity index (χ2v) is 3.42. The van der Waals surface area contributed by atoms with Gasteiger partial charge in [-0.15, -0.1) is 0 Å². The molecule has 2 N–H and O–H groups in total. The molecule has 15 heavy (non-hydrogen) atoms. The Kier molecular flexibility index (Phi) is 5.00. The summed E-state index contributed by atoms with van der Waals surface area (Å²) in [7, 11) is 1.63. The Morgan fingerprint density at radius 3 is 3.13 bits per heavy atom. The van der Waals surface area contributed by atoms with Crippen LogP contribution in [-0.4, -0.2) is 31.2 Å². The van der Waals surface area contributed by atoms with Gasteiger partial charge < -0.3 is 15.0 Å². The highest BCUT2D eigenvalue weighted by Gasteiger charge is 2.05. The van der Waals surface area contributed by atoms with E-state index >= 15 is 0 Å². The molecule has 1 aromatic rings. The number of hydrogen-bond acceptors (Lipinski definition) is 3. The highest BCUT2D eigenvalue weighted by atomic mass is 32.1. The topological polar surface area (TPSA) is 54.1 Å². The van der Waals surface area contributed by atoms with E-state index in [2.05, 4.69) is 10.3 Å². The van der Waals surface area contributed by atoms with Gasteiger partial charge in [-0.05, 0) is 18.6 Å². The molecule has 1 aromatic heterocycles. The Balaban J connectivity index is 2.48. The number of nitrogens with one attached hydrogen (secondary N) is 2. The van der Waals surface area contributed by atoms with Crippen LogP contribution in [0.1, 0.15) is 16.8 Å². The van der Waals surface area contributed by atoms with Crippen molar-refractivity contribution in [2.45, 2.75) is 6.42 Å². The lowest BCUT2D eigenvalue weighted by Crippen LogP contribution is -2.25. The SMILES string of the molecule is COCCCNC(=O)c1ccc[nH]c1=S. The first-order valence-electron chi connectivity index (χ1n) is 4.70. The van der Waals surface area contributed by atoms with Crippen molar-refractivity contribution in [1.29, 1.82) is 0 Å². The highest BCUT2D eigenvalue weighted by Crippen LogP contribution is 1.98. The number of carbonyl (C=O) groups is 1. The Morgan fingerprint density at radius 1 is 1.67 bits per heavy atom. The first-order valence-corrected chi connectivity index (χ1v) is 5.11. The van der Waals surface area contributed by atoms with Gasteiger partial charge in [-0.3, -0.25) is 4.79 Å². The molecule has 0 bridgehead atoms. The van der Waals surface area contributed by atoms with Crippen molar-refractivity contribution in [3.63, 3.8) is 0 Å². The Morgan fingerprint density at radius 2 is 2.47 bits per heavy atom. The number of methoxy groups -OCH3 is 1. The maximum Gasteiger partial charge on any atom is 0.254 e. The quantitative estimate of drug-likeness (QED) is 0.591. The molecule has 1 heterocycles. The molecule has 82 valence electrons. The van der Waals surface area contributed by atoms with E-state index in [0.717, 1.165) is 6.42 Å². The molecular weight excluding hydrogens is 212 g/mol. The number of aromatic amines is 1. The Bertz CT molecular complexity index is 376. The summed E-state index contributed by atoms with van der Waals surface area (Å²) in [6, 6.07) is 3.45. The van der Waals surface area contributed by atoms with Crippen LogP contribution in [0, 0.1) is 4.64 Å². The molecule has 0 spiro atoms. The predicted octanol–water partition coefficient (Wildman–Crippen LogP) is 1.51. The highest BCUT2D eigenvalue weighted by molar-refractivity contribution is 7.71. The Labute approximate surface area is 93.7 Å². The van der Waals surface area contributed by atoms with Crippen LogP contribution in [0.2, 0.25) is 0 Å². The fourth-order valence-corrected chi connectivity index (χ4v) is 1.34. The Hall–Kier alpha value is -1.20. The van der Waals surface area contributed by atoms with Crippen molar-refractivity contribution in [3.05, 3.63) is 28.5 Å². The van der Waals surface area contributed by atoms with Crippen LogP contribution in [0.5, 0.6) is 0 Å². The lowest BCUT2D eigenvalue weighted by Gasteiger charge is -2.04. The standard InChI is InChI=1S/C10H14N2O2S/c1-14-7-3-6-11-9(13)8-4-2-5-12-10(8)15/h2,4-5H,3,6-7H2,1H3,(H,11,13)(H,12,15). The molecule has 4 nitrogen and oxygen atoms in total. The molecule has 0 aromatic carbocycles. The first kappa shape index (κ1) is 11.9. The van der Waals surface area contributed by atoms with Gasteiger partial charge in [0.2, 0.25) is 0 Å². The molecule has 0 radical (unpaired) electrons. The van der Waals surface area contributed by atoms with Crippen molar-refractivity contribution in [1.82, 2.24) is 10.3 Å². The maximum atomic E-state index is 11.6. The molecule has 0 saturated heterocycles. The van der Waals surface area contributed by atoms with E-state index < -0.39 is 0 Å². The average molecular weight is 226 g/mol. The summed E-state index contributed by atoms with van der Waals surface area (Å²) in [4.78, 5) is 14.4. The fourth-order valence-electron chi connectivity index (χ4n) is 1.11. The zero-order chi connectivity index (χ0) is 11.1. The molecule has 1 rings (SSSR count). The molecular formula is C10H14N2O2S. The molecule has 5 heteroatoms. The van der Waals surface area contributed by atoms with Gasteiger partial charge in [0.25, 0.3) is 5.91 Å². The van der Waals surface area contributed by atoms with E-state index in [0.29, 0.717) is 23.4 Å². The summed E-state index contributed by atoms with van der Waals surface area (Å²) in [6.07, 6.45) is 2.50. The summed E-state index contributed by atoms with van der Waals surface area (Å²) in [6.45, 7) is 1.23. The van der Waals surface area contributed by atoms with E-state index in [-0.39, 0.29) is 5.91 Å². The number of aromatic nitrogens is 1. The summed E-state index contributed by atoms with van der Waals surface area (Å²) in [5, 5.41) is 2.77. The van der Waals surface area contributed by atoms with Crippen LogP contribution >= 0.6 is 12.2 Å². The van der Waals surface area contributed by atoms with Crippen LogP contribution in [0.25, 0.3) is 0 Å². The van der Waals surface area contributed by atoms with Crippen molar-refractivity contribution in [2.75, 3.05) is 20.3 Å². The zero-order valence-corrected chi connectivity index (χ0v) is 9.39. The van der Waals surface area contributed by atoms with E-state index in [9.17, 15) is 4.79 Å². The minimum absolute atomic E-state index is 0.145. The number of ether oxygens (including phenoxy) is 1. The van der Waals surface area contributed by atoms with E-state index in [4.69, 9.17) is 17.0 Å². The molecule has 1 amide bonds. The molecule has 0 saturated carbocycles. The van der Waals surface area contributed by atoms with Crippen molar-refractivity contribution >= 4 is 18.1 Å². The third-order valence-corrected chi connectivity index (χ3v) is 2.21. The predicted molar refractivity (Wildman–Crippen MR) is 60.5 cm³/mol. The molecule has 0 aliphatic rings. The smallest absolute Gasteiger partial charge is 0.254 e. The molecule has 0 aliphatic carbocycles. The summed E-state index contributed by atoms with van der Waals surface area (Å²) in [5.41, 5.74) is 0.505. The van der Waals surface area contributed by atoms with Gasteiger partial charge in [-0.2, -0.15) is 0 Å². The van der Waals surface area contributed by atoms with E-state index in [1.807, 2.05) is 0 Å². The van der Waals surface area contributed by atoms with Crippen molar-refractivity contribution < 1.29 is 9.53 Å². The third-order valence-electron chi connectivity index (χ3n) is 1.87. The molecule has 0 aliphatic heterocycles. The van der Waals surface area contributed by atoms with E-state index in [1.165, 1.54) is 0 Å². The average Bonchev–Trinajstić information content (AvgIpc) is 2.25. The van der Waals surface area contributed by atoms with Crippen molar-refractivity contribution in [3.8, 4) is 0 Å². The number of hydrogen-bond donors (Lipinski definition) is 2. The number of rotatable bonds is 5. The summed E-state index contributed by atoms with van der Waals surface area (Å²) in [5.74, 6) is -0.145. The summed E-state index contributed by atoms with van der Waals surface area (Å²) < 4.78 is 5.33. The lowest BCUT2D eigenvalue weighted by molar-refractivity contribution is 0.0948. The van der Waals surface area contributed by atoms with Crippen LogP contribution in [0.4, 0.5) is 0 Å². The van der Waals surface area contributed by atoms with Gasteiger partial charge in [0.05, 0.1) is 5.56 Å². The van der Waals surface area contributed by atoms with Crippen LogP contribution in [0.3, 0.4) is 0 Å². The normalized spacial score (nSPS) is 9.93. The molecule has 0 fully saturated rings. The second-order valence-electron chi connectivity index (χ2n) is 3.02. The number of carbonyl (C=O) groups excluding carboxylic acids is 1. The maximum absolute atomic E-state index is 11.6. The monoisotopic (exact) mass is 226 g/mol. The number of pyridine rings is 1. The minimum atomic E-state index is -0.145. The number of H-pyrrole nitrogens is 1. The largest absolute Gasteiger partial charge is 0.385 e. The fraction of sp³-hybridized carbons (Fsp3) is 0.400. The number of amides is 1. The van der Waals surface area contributed by atoms with E-state index in [1.54, 1.807) is 25.4 Å². The van der Waals surface area contributed by atoms with Gasteiger partial charge in [0.15, 0.2) is 0 Å². The zero-order valence-electron chi connectivity index (χ0n) is 8.58. The lowest BCUT2D eigenvalue weighted by atomic mass is 10.2. The molecule has 0 atom stereocenters. The summed E-state index contributed by atoms with van der Waals surface area (Å²) >= 11 is 4.99. The van der Waals surface area contributed by atoms with Crippen LogP contribution in [-0.2, 0) is 4.74 Å². The molecule has 0 unspecified atom stereocenters. The second kappa shape index (κ2) is 6.31. The van der Waals surface area contributed by atoms with Crippen LogP contribution < -0.4 is 5.32 Å². The third kappa shape index (κ3) is 3.81. The van der Waals surface area contributed by atoms with Crippen LogP contribution in [0.15, 0.2) is 18.3 Å².